The van der Waals surface area contributed by atoms with Crippen LogP contribution in [0.15, 0.2) is 84.9 Å². The second-order valence-electron chi connectivity index (χ2n) is 10.9. The molecule has 0 amide bonds. The van der Waals surface area contributed by atoms with Crippen molar-refractivity contribution in [3.05, 3.63) is 107 Å². The standard InChI is InChI=1S/C32H38N2O2/c1-31(2,3)28-20-19-26(30(33-28)36-6)29(24-14-8-7-9-15-24)32(35,21-22-34(4)5)27-18-12-16-23-13-10-11-17-25(23)27/h7-20,29,35H,21-22H2,1-6H3/t29-,32-/m1/s1. The second-order valence-corrected chi connectivity index (χ2v) is 10.9. The maximum atomic E-state index is 12.9. The van der Waals surface area contributed by atoms with Gasteiger partial charge in [-0.2, -0.15) is 0 Å². The Morgan fingerprint density at radius 2 is 1.53 bits per heavy atom. The Labute approximate surface area is 215 Å². The van der Waals surface area contributed by atoms with E-state index in [4.69, 9.17) is 9.72 Å². The molecule has 0 fully saturated rings. The number of rotatable bonds is 8. The summed E-state index contributed by atoms with van der Waals surface area (Å²) in [6.07, 6.45) is 0.539. The zero-order valence-electron chi connectivity index (χ0n) is 22.3. The lowest BCUT2D eigenvalue weighted by atomic mass is 9.70. The van der Waals surface area contributed by atoms with Gasteiger partial charge in [0.15, 0.2) is 0 Å². The quantitative estimate of drug-likeness (QED) is 0.311. The second kappa shape index (κ2) is 10.4. The highest BCUT2D eigenvalue weighted by Gasteiger charge is 2.43. The van der Waals surface area contributed by atoms with Gasteiger partial charge < -0.3 is 14.7 Å². The van der Waals surface area contributed by atoms with Gasteiger partial charge in [0, 0.05) is 29.1 Å². The lowest BCUT2D eigenvalue weighted by Gasteiger charge is -2.39. The van der Waals surface area contributed by atoms with Crippen molar-refractivity contribution in [1.82, 2.24) is 9.88 Å². The molecule has 0 aliphatic carbocycles. The van der Waals surface area contributed by atoms with Gasteiger partial charge in [-0.05, 0) is 48.5 Å². The fourth-order valence-electron chi connectivity index (χ4n) is 5.04. The zero-order chi connectivity index (χ0) is 25.9. The van der Waals surface area contributed by atoms with Crippen LogP contribution in [0.5, 0.6) is 5.88 Å². The first-order valence-corrected chi connectivity index (χ1v) is 12.6. The van der Waals surface area contributed by atoms with Gasteiger partial charge in [-0.15, -0.1) is 0 Å². The number of ether oxygens (including phenoxy) is 1. The van der Waals surface area contributed by atoms with Crippen molar-refractivity contribution in [2.24, 2.45) is 0 Å². The number of hydrogen-bond donors (Lipinski definition) is 1. The molecular weight excluding hydrogens is 444 g/mol. The number of methoxy groups -OCH3 is 1. The molecule has 2 atom stereocenters. The van der Waals surface area contributed by atoms with Crippen LogP contribution >= 0.6 is 0 Å². The third-order valence-electron chi connectivity index (χ3n) is 6.97. The van der Waals surface area contributed by atoms with Gasteiger partial charge >= 0.3 is 0 Å². The Balaban J connectivity index is 2.02. The first kappa shape index (κ1) is 25.9. The minimum atomic E-state index is -1.22. The molecule has 0 spiro atoms. The van der Waals surface area contributed by atoms with Gasteiger partial charge in [-0.3, -0.25) is 0 Å². The van der Waals surface area contributed by atoms with Gasteiger partial charge in [0.2, 0.25) is 5.88 Å². The van der Waals surface area contributed by atoms with Crippen molar-refractivity contribution in [2.75, 3.05) is 27.7 Å². The molecule has 0 aliphatic heterocycles. The van der Waals surface area contributed by atoms with Crippen LogP contribution in [0.3, 0.4) is 0 Å². The summed E-state index contributed by atoms with van der Waals surface area (Å²) in [5.74, 6) is 0.167. The van der Waals surface area contributed by atoms with E-state index in [0.717, 1.165) is 39.7 Å². The monoisotopic (exact) mass is 482 g/mol. The molecule has 4 nitrogen and oxygen atoms in total. The maximum absolute atomic E-state index is 12.9. The minimum absolute atomic E-state index is 0.120. The van der Waals surface area contributed by atoms with Crippen LogP contribution in [0, 0.1) is 0 Å². The average molecular weight is 483 g/mol. The van der Waals surface area contributed by atoms with Gasteiger partial charge in [-0.1, -0.05) is 99.6 Å². The fourth-order valence-corrected chi connectivity index (χ4v) is 5.04. The summed E-state index contributed by atoms with van der Waals surface area (Å²) in [6, 6.07) is 28.9. The number of hydrogen-bond acceptors (Lipinski definition) is 4. The van der Waals surface area contributed by atoms with E-state index in [1.165, 1.54) is 0 Å². The minimum Gasteiger partial charge on any atom is -0.481 e. The summed E-state index contributed by atoms with van der Waals surface area (Å²) in [7, 11) is 5.75. The van der Waals surface area contributed by atoms with E-state index in [1.54, 1.807) is 7.11 Å². The van der Waals surface area contributed by atoms with E-state index >= 15 is 0 Å². The molecule has 188 valence electrons. The lowest BCUT2D eigenvalue weighted by Crippen LogP contribution is -2.38. The first-order chi connectivity index (χ1) is 17.1. The van der Waals surface area contributed by atoms with Crippen LogP contribution in [-0.2, 0) is 11.0 Å². The van der Waals surface area contributed by atoms with Crippen molar-refractivity contribution >= 4 is 10.8 Å². The summed E-state index contributed by atoms with van der Waals surface area (Å²) < 4.78 is 5.90. The summed E-state index contributed by atoms with van der Waals surface area (Å²) in [5, 5.41) is 15.1. The summed E-state index contributed by atoms with van der Waals surface area (Å²) in [4.78, 5) is 7.05. The molecule has 4 aromatic rings. The Kier molecular flexibility index (Phi) is 7.49. The van der Waals surface area contributed by atoms with E-state index in [1.807, 2.05) is 50.5 Å². The summed E-state index contributed by atoms with van der Waals surface area (Å²) in [5.41, 5.74) is 2.44. The number of pyridine rings is 1. The highest BCUT2D eigenvalue weighted by Crippen LogP contribution is 2.48. The molecule has 1 heterocycles. The topological polar surface area (TPSA) is 45.6 Å². The van der Waals surface area contributed by atoms with Crippen molar-refractivity contribution in [3.8, 4) is 5.88 Å². The van der Waals surface area contributed by atoms with E-state index in [2.05, 4.69) is 74.2 Å². The first-order valence-electron chi connectivity index (χ1n) is 12.6. The van der Waals surface area contributed by atoms with Crippen LogP contribution in [0.2, 0.25) is 0 Å². The molecule has 0 saturated heterocycles. The molecule has 4 rings (SSSR count). The lowest BCUT2D eigenvalue weighted by molar-refractivity contribution is 0.00513. The third kappa shape index (κ3) is 5.16. The van der Waals surface area contributed by atoms with Crippen LogP contribution in [-0.4, -0.2) is 42.7 Å². The molecule has 0 saturated carbocycles. The van der Waals surface area contributed by atoms with Crippen LogP contribution in [0.4, 0.5) is 0 Å². The number of aromatic nitrogens is 1. The van der Waals surface area contributed by atoms with Crippen molar-refractivity contribution in [2.45, 2.75) is 44.1 Å². The van der Waals surface area contributed by atoms with Crippen molar-refractivity contribution in [1.29, 1.82) is 0 Å². The van der Waals surface area contributed by atoms with Crippen LogP contribution in [0.25, 0.3) is 10.8 Å². The van der Waals surface area contributed by atoms with Crippen LogP contribution < -0.4 is 4.74 Å². The largest absolute Gasteiger partial charge is 0.481 e. The van der Waals surface area contributed by atoms with Crippen LogP contribution in [0.1, 0.15) is 55.5 Å². The number of nitrogens with zero attached hydrogens (tertiary/aromatic N) is 2. The van der Waals surface area contributed by atoms with Gasteiger partial charge in [0.05, 0.1) is 7.11 Å². The van der Waals surface area contributed by atoms with Gasteiger partial charge in [0.25, 0.3) is 0 Å². The highest BCUT2D eigenvalue weighted by molar-refractivity contribution is 5.86. The predicted molar refractivity (Wildman–Crippen MR) is 149 cm³/mol. The van der Waals surface area contributed by atoms with Crippen molar-refractivity contribution in [3.63, 3.8) is 0 Å². The number of fused-ring (bicyclic) bond motifs is 1. The Morgan fingerprint density at radius 1 is 0.861 bits per heavy atom. The van der Waals surface area contributed by atoms with Crippen molar-refractivity contribution < 1.29 is 9.84 Å². The molecule has 0 bridgehead atoms. The maximum Gasteiger partial charge on any atom is 0.217 e. The smallest absolute Gasteiger partial charge is 0.217 e. The Morgan fingerprint density at radius 3 is 2.19 bits per heavy atom. The predicted octanol–water partition coefficient (Wildman–Crippen LogP) is 6.51. The average Bonchev–Trinajstić information content (AvgIpc) is 2.87. The molecule has 0 aliphatic rings. The molecular formula is C32H38N2O2. The van der Waals surface area contributed by atoms with E-state index in [-0.39, 0.29) is 11.3 Å². The number of aliphatic hydroxyl groups is 1. The summed E-state index contributed by atoms with van der Waals surface area (Å²) in [6.45, 7) is 7.16. The van der Waals surface area contributed by atoms with Gasteiger partial charge in [-0.25, -0.2) is 4.98 Å². The SMILES string of the molecule is COc1nc(C(C)(C)C)ccc1[C@@H](c1ccccc1)[C@@](O)(CCN(C)C)c1cccc2ccccc12. The van der Waals surface area contributed by atoms with E-state index in [0.29, 0.717) is 12.3 Å². The Bertz CT molecular complexity index is 1310. The molecule has 36 heavy (non-hydrogen) atoms. The summed E-state index contributed by atoms with van der Waals surface area (Å²) >= 11 is 0. The fraction of sp³-hybridized carbons (Fsp3) is 0.344. The highest BCUT2D eigenvalue weighted by atomic mass is 16.5. The van der Waals surface area contributed by atoms with Gasteiger partial charge in [0.1, 0.15) is 5.60 Å². The molecule has 4 heteroatoms. The molecule has 1 N–H and O–H groups in total. The normalized spacial score (nSPS) is 14.6. The third-order valence-corrected chi connectivity index (χ3v) is 6.97. The molecule has 0 radical (unpaired) electrons. The molecule has 0 unspecified atom stereocenters. The number of benzene rings is 3. The zero-order valence-corrected chi connectivity index (χ0v) is 22.3. The van der Waals surface area contributed by atoms with E-state index in [9.17, 15) is 5.11 Å². The van der Waals surface area contributed by atoms with E-state index < -0.39 is 5.60 Å². The molecule has 1 aromatic heterocycles. The molecule has 3 aromatic carbocycles. The Hall–Kier alpha value is -3.21.